The Kier molecular flexibility index (Phi) is 3.45. The van der Waals surface area contributed by atoms with Gasteiger partial charge in [-0.3, -0.25) is 0 Å². The van der Waals surface area contributed by atoms with Gasteiger partial charge in [0, 0.05) is 6.04 Å². The van der Waals surface area contributed by atoms with E-state index < -0.39 is 0 Å². The van der Waals surface area contributed by atoms with Crippen LogP contribution in [0.5, 0.6) is 0 Å². The summed E-state index contributed by atoms with van der Waals surface area (Å²) in [7, 11) is 0. The van der Waals surface area contributed by atoms with Crippen LogP contribution in [0, 0.1) is 24.0 Å². The van der Waals surface area contributed by atoms with E-state index in [9.17, 15) is 8.78 Å². The molecule has 1 aromatic rings. The standard InChI is InChI=1S/C15H21F2N/c1-4-15(5-2)11(8-14(15)18)10-7-12(16)9(3)6-13(10)17/h6-7,11,14H,4-5,8,18H2,1-3H3. The van der Waals surface area contributed by atoms with Gasteiger partial charge < -0.3 is 5.73 Å². The summed E-state index contributed by atoms with van der Waals surface area (Å²) in [4.78, 5) is 0. The van der Waals surface area contributed by atoms with Crippen LogP contribution in [0.25, 0.3) is 0 Å². The van der Waals surface area contributed by atoms with E-state index in [1.54, 1.807) is 6.92 Å². The number of aryl methyl sites for hydroxylation is 1. The van der Waals surface area contributed by atoms with Crippen molar-refractivity contribution in [2.24, 2.45) is 11.1 Å². The highest BCUT2D eigenvalue weighted by Crippen LogP contribution is 2.56. The van der Waals surface area contributed by atoms with E-state index in [1.165, 1.54) is 12.1 Å². The Morgan fingerprint density at radius 3 is 2.33 bits per heavy atom. The minimum Gasteiger partial charge on any atom is -0.327 e. The van der Waals surface area contributed by atoms with Crippen molar-refractivity contribution in [2.45, 2.75) is 52.0 Å². The summed E-state index contributed by atoms with van der Waals surface area (Å²) in [5.41, 5.74) is 6.90. The molecular weight excluding hydrogens is 232 g/mol. The number of hydrogen-bond acceptors (Lipinski definition) is 1. The van der Waals surface area contributed by atoms with Crippen LogP contribution in [0.2, 0.25) is 0 Å². The maximum absolute atomic E-state index is 14.0. The molecule has 2 atom stereocenters. The van der Waals surface area contributed by atoms with Gasteiger partial charge >= 0.3 is 0 Å². The highest BCUT2D eigenvalue weighted by atomic mass is 19.1. The van der Waals surface area contributed by atoms with Crippen molar-refractivity contribution in [3.63, 3.8) is 0 Å². The molecule has 1 fully saturated rings. The number of benzene rings is 1. The third kappa shape index (κ3) is 1.76. The minimum atomic E-state index is -0.326. The second kappa shape index (κ2) is 4.61. The number of halogens is 2. The average Bonchev–Trinajstić information content (AvgIpc) is 2.33. The molecule has 3 heteroatoms. The van der Waals surface area contributed by atoms with Gasteiger partial charge in [0.05, 0.1) is 0 Å². The van der Waals surface area contributed by atoms with Gasteiger partial charge in [-0.05, 0) is 60.8 Å². The Hall–Kier alpha value is -0.960. The third-order valence-electron chi connectivity index (χ3n) is 4.89. The van der Waals surface area contributed by atoms with Crippen LogP contribution in [0.4, 0.5) is 8.78 Å². The van der Waals surface area contributed by atoms with E-state index in [0.717, 1.165) is 19.3 Å². The van der Waals surface area contributed by atoms with Crippen LogP contribution in [-0.4, -0.2) is 6.04 Å². The molecule has 0 bridgehead atoms. The average molecular weight is 253 g/mol. The van der Waals surface area contributed by atoms with E-state index in [-0.39, 0.29) is 29.0 Å². The van der Waals surface area contributed by atoms with Crippen LogP contribution < -0.4 is 5.73 Å². The lowest BCUT2D eigenvalue weighted by Crippen LogP contribution is -2.56. The topological polar surface area (TPSA) is 26.0 Å². The SMILES string of the molecule is CCC1(CC)C(N)CC1c1cc(F)c(C)cc1F. The molecule has 2 N–H and O–H groups in total. The van der Waals surface area contributed by atoms with Gasteiger partial charge in [-0.1, -0.05) is 13.8 Å². The lowest BCUT2D eigenvalue weighted by atomic mass is 9.52. The zero-order chi connectivity index (χ0) is 13.5. The highest BCUT2D eigenvalue weighted by Gasteiger charge is 2.51. The van der Waals surface area contributed by atoms with E-state index in [4.69, 9.17) is 5.73 Å². The van der Waals surface area contributed by atoms with Gasteiger partial charge in [0.2, 0.25) is 0 Å². The van der Waals surface area contributed by atoms with Crippen LogP contribution in [0.3, 0.4) is 0 Å². The van der Waals surface area contributed by atoms with Crippen LogP contribution >= 0.6 is 0 Å². The molecule has 0 aliphatic heterocycles. The zero-order valence-electron chi connectivity index (χ0n) is 11.3. The summed E-state index contributed by atoms with van der Waals surface area (Å²) < 4.78 is 27.7. The van der Waals surface area contributed by atoms with Crippen LogP contribution in [-0.2, 0) is 0 Å². The molecule has 1 aliphatic rings. The summed E-state index contributed by atoms with van der Waals surface area (Å²) in [5, 5.41) is 0. The van der Waals surface area contributed by atoms with Gasteiger partial charge in [0.1, 0.15) is 11.6 Å². The minimum absolute atomic E-state index is 0.0533. The highest BCUT2D eigenvalue weighted by molar-refractivity contribution is 5.33. The van der Waals surface area contributed by atoms with Gasteiger partial charge in [0.25, 0.3) is 0 Å². The molecule has 2 unspecified atom stereocenters. The molecule has 0 aromatic heterocycles. The fourth-order valence-electron chi connectivity index (χ4n) is 3.45. The molecule has 2 rings (SSSR count). The van der Waals surface area contributed by atoms with Crippen LogP contribution in [0.1, 0.15) is 50.2 Å². The van der Waals surface area contributed by atoms with E-state index in [1.807, 2.05) is 0 Å². The van der Waals surface area contributed by atoms with Crippen molar-refractivity contribution in [2.75, 3.05) is 0 Å². The third-order valence-corrected chi connectivity index (χ3v) is 4.89. The first-order chi connectivity index (χ1) is 8.46. The molecule has 1 nitrogen and oxygen atoms in total. The molecule has 0 amide bonds. The Morgan fingerprint density at radius 2 is 1.83 bits per heavy atom. The Morgan fingerprint density at radius 1 is 1.22 bits per heavy atom. The van der Waals surface area contributed by atoms with Crippen molar-refractivity contribution >= 4 is 0 Å². The first-order valence-electron chi connectivity index (χ1n) is 6.67. The van der Waals surface area contributed by atoms with Gasteiger partial charge in [-0.15, -0.1) is 0 Å². The lowest BCUT2D eigenvalue weighted by molar-refractivity contribution is 0.0416. The second-order valence-electron chi connectivity index (χ2n) is 5.46. The van der Waals surface area contributed by atoms with Gasteiger partial charge in [-0.25, -0.2) is 8.78 Å². The molecular formula is C15H21F2N. The van der Waals surface area contributed by atoms with Gasteiger partial charge in [-0.2, -0.15) is 0 Å². The Labute approximate surface area is 107 Å². The molecule has 0 spiro atoms. The van der Waals surface area contributed by atoms with Crippen LogP contribution in [0.15, 0.2) is 12.1 Å². The smallest absolute Gasteiger partial charge is 0.127 e. The van der Waals surface area contributed by atoms with Crippen molar-refractivity contribution in [1.82, 2.24) is 0 Å². The summed E-state index contributed by atoms with van der Waals surface area (Å²) >= 11 is 0. The largest absolute Gasteiger partial charge is 0.327 e. The van der Waals surface area contributed by atoms with E-state index in [2.05, 4.69) is 13.8 Å². The second-order valence-corrected chi connectivity index (χ2v) is 5.46. The Bertz CT molecular complexity index is 452. The number of hydrogen-bond donors (Lipinski definition) is 1. The lowest BCUT2D eigenvalue weighted by Gasteiger charge is -2.55. The first-order valence-corrected chi connectivity index (χ1v) is 6.67. The van der Waals surface area contributed by atoms with E-state index >= 15 is 0 Å². The normalized spacial score (nSPS) is 25.9. The summed E-state index contributed by atoms with van der Waals surface area (Å²) in [5.74, 6) is -0.567. The first kappa shape index (κ1) is 13.5. The molecule has 0 saturated heterocycles. The summed E-state index contributed by atoms with van der Waals surface area (Å²) in [6.07, 6.45) is 2.57. The summed E-state index contributed by atoms with van der Waals surface area (Å²) in [6.45, 7) is 5.75. The molecule has 1 saturated carbocycles. The van der Waals surface area contributed by atoms with Crippen molar-refractivity contribution in [1.29, 1.82) is 0 Å². The molecule has 1 aliphatic carbocycles. The maximum Gasteiger partial charge on any atom is 0.127 e. The fourth-order valence-corrected chi connectivity index (χ4v) is 3.45. The molecule has 0 heterocycles. The predicted molar refractivity (Wildman–Crippen MR) is 69.4 cm³/mol. The monoisotopic (exact) mass is 253 g/mol. The predicted octanol–water partition coefficient (Wildman–Crippen LogP) is 3.89. The molecule has 18 heavy (non-hydrogen) atoms. The molecule has 0 radical (unpaired) electrons. The quantitative estimate of drug-likeness (QED) is 0.868. The zero-order valence-corrected chi connectivity index (χ0v) is 11.3. The Balaban J connectivity index is 2.41. The maximum atomic E-state index is 14.0. The van der Waals surface area contributed by atoms with Crippen molar-refractivity contribution < 1.29 is 8.78 Å². The number of rotatable bonds is 3. The fraction of sp³-hybridized carbons (Fsp3) is 0.600. The summed E-state index contributed by atoms with van der Waals surface area (Å²) in [6, 6.07) is 2.76. The molecule has 100 valence electrons. The van der Waals surface area contributed by atoms with Crippen molar-refractivity contribution in [3.05, 3.63) is 34.9 Å². The van der Waals surface area contributed by atoms with Gasteiger partial charge in [0.15, 0.2) is 0 Å². The molecule has 1 aromatic carbocycles. The number of nitrogens with two attached hydrogens (primary N) is 1. The van der Waals surface area contributed by atoms with Crippen molar-refractivity contribution in [3.8, 4) is 0 Å². The van der Waals surface area contributed by atoms with E-state index in [0.29, 0.717) is 11.1 Å².